The van der Waals surface area contributed by atoms with Gasteiger partial charge in [-0.25, -0.2) is 0 Å². The Morgan fingerprint density at radius 3 is 2.95 bits per heavy atom. The van der Waals surface area contributed by atoms with Gasteiger partial charge >= 0.3 is 0 Å². The molecular weight excluding hydrogens is 272 g/mol. The van der Waals surface area contributed by atoms with Crippen LogP contribution in [0.2, 0.25) is 0 Å². The molecule has 3 fully saturated rings. The second-order valence-corrected chi connectivity index (χ2v) is 7.03. The second-order valence-electron chi connectivity index (χ2n) is 7.03. The first-order valence-electron chi connectivity index (χ1n) is 8.64. The Morgan fingerprint density at radius 1 is 1.32 bits per heavy atom. The van der Waals surface area contributed by atoms with Gasteiger partial charge in [0.05, 0.1) is 18.6 Å². The summed E-state index contributed by atoms with van der Waals surface area (Å²) in [6.45, 7) is 4.78. The average Bonchev–Trinajstić information content (AvgIpc) is 2.60. The third kappa shape index (κ3) is 2.24. The van der Waals surface area contributed by atoms with Gasteiger partial charge in [-0.1, -0.05) is 25.1 Å². The van der Waals surface area contributed by atoms with Crippen LogP contribution in [0.15, 0.2) is 36.5 Å². The quantitative estimate of drug-likeness (QED) is 0.909. The zero-order chi connectivity index (χ0) is 15.1. The average molecular weight is 297 g/mol. The molecule has 2 N–H and O–H groups in total. The highest BCUT2D eigenvalue weighted by Gasteiger charge is 2.46. The topological polar surface area (TPSA) is 37.6 Å². The van der Waals surface area contributed by atoms with Crippen LogP contribution in [-0.2, 0) is 0 Å². The molecule has 0 aliphatic carbocycles. The van der Waals surface area contributed by atoms with E-state index in [1.165, 1.54) is 32.4 Å². The fourth-order valence-electron chi connectivity index (χ4n) is 4.77. The summed E-state index contributed by atoms with van der Waals surface area (Å²) in [6.07, 6.45) is 5.26. The first-order chi connectivity index (χ1) is 10.8. The van der Waals surface area contributed by atoms with Crippen LogP contribution in [-0.4, -0.2) is 29.2 Å². The minimum atomic E-state index is -0.372. The summed E-state index contributed by atoms with van der Waals surface area (Å²) in [5.41, 5.74) is 2.04. The van der Waals surface area contributed by atoms with Gasteiger partial charge in [0.1, 0.15) is 12.1 Å². The number of aliphatic hydroxyl groups excluding tert-OH is 1. The molecule has 1 unspecified atom stereocenters. The Hall–Kier alpha value is -1.45. The van der Waals surface area contributed by atoms with Gasteiger partial charge in [-0.05, 0) is 30.0 Å². The summed E-state index contributed by atoms with van der Waals surface area (Å²) in [4.78, 5) is 6.04. The minimum absolute atomic E-state index is 0.354. The molecule has 4 heterocycles. The maximum absolute atomic E-state index is 11.1. The maximum atomic E-state index is 11.1. The maximum Gasteiger partial charge on any atom is 0.131 e. The number of benzene rings is 1. The van der Waals surface area contributed by atoms with Crippen LogP contribution in [0.1, 0.15) is 37.9 Å². The van der Waals surface area contributed by atoms with Gasteiger partial charge in [-0.3, -0.25) is 4.98 Å². The Balaban J connectivity index is 1.66. The second kappa shape index (κ2) is 5.64. The fraction of sp³-hybridized carbons (Fsp3) is 0.526. The summed E-state index contributed by atoms with van der Waals surface area (Å²) < 4.78 is 0. The molecule has 5 rings (SSSR count). The van der Waals surface area contributed by atoms with Crippen LogP contribution in [0.3, 0.4) is 0 Å². The van der Waals surface area contributed by atoms with Crippen molar-refractivity contribution < 1.29 is 10.0 Å². The predicted molar refractivity (Wildman–Crippen MR) is 87.7 cm³/mol. The molecule has 3 saturated heterocycles. The predicted octanol–water partition coefficient (Wildman–Crippen LogP) is 1.97. The van der Waals surface area contributed by atoms with Crippen molar-refractivity contribution in [3.05, 3.63) is 42.1 Å². The monoisotopic (exact) mass is 297 g/mol. The van der Waals surface area contributed by atoms with E-state index in [1.54, 1.807) is 4.90 Å². The summed E-state index contributed by atoms with van der Waals surface area (Å²) in [6, 6.07) is 10.5. The molecule has 0 saturated carbocycles. The normalized spacial score (nSPS) is 32.3. The van der Waals surface area contributed by atoms with Crippen LogP contribution in [0.4, 0.5) is 0 Å². The number of nitrogens with one attached hydrogen (secondary N) is 1. The van der Waals surface area contributed by atoms with Gasteiger partial charge in [-0.2, -0.15) is 0 Å². The number of hydrogen-bond acceptors (Lipinski definition) is 2. The standard InChI is InChI=1S/C19H24N2O/c1-2-13-12-21-10-8-14(13)11-18(21)19(22)16-7-9-20-17-6-4-3-5-15(16)17/h3-7,9,13-14,18-19,22H,2,8,10-12H2,1H3/p+1/t13-,14+,18+,19-/m0/s1. The lowest BCUT2D eigenvalue weighted by Gasteiger charge is -2.48. The zero-order valence-corrected chi connectivity index (χ0v) is 13.2. The summed E-state index contributed by atoms with van der Waals surface area (Å²) >= 11 is 0. The highest BCUT2D eigenvalue weighted by Crippen LogP contribution is 2.34. The third-order valence-electron chi connectivity index (χ3n) is 6.02. The van der Waals surface area contributed by atoms with Crippen molar-refractivity contribution in [1.29, 1.82) is 0 Å². The number of aliphatic hydroxyl groups is 1. The summed E-state index contributed by atoms with van der Waals surface area (Å²) in [5, 5.41) is 12.2. The smallest absolute Gasteiger partial charge is 0.131 e. The Bertz CT molecular complexity index is 666. The van der Waals surface area contributed by atoms with E-state index < -0.39 is 0 Å². The first-order valence-corrected chi connectivity index (χ1v) is 8.64. The van der Waals surface area contributed by atoms with E-state index in [-0.39, 0.29) is 6.10 Å². The van der Waals surface area contributed by atoms with Gasteiger partial charge in [0, 0.05) is 30.3 Å². The zero-order valence-electron chi connectivity index (χ0n) is 13.2. The Labute approximate surface area is 132 Å². The van der Waals surface area contributed by atoms with Gasteiger partial charge in [0.2, 0.25) is 0 Å². The lowest BCUT2D eigenvalue weighted by Crippen LogP contribution is -3.20. The lowest BCUT2D eigenvalue weighted by molar-refractivity contribution is -0.950. The number of nitrogens with zero attached hydrogens (tertiary/aromatic N) is 1. The molecule has 22 heavy (non-hydrogen) atoms. The Morgan fingerprint density at radius 2 is 2.18 bits per heavy atom. The highest BCUT2D eigenvalue weighted by atomic mass is 16.3. The first kappa shape index (κ1) is 14.2. The van der Waals surface area contributed by atoms with Crippen molar-refractivity contribution in [2.75, 3.05) is 13.1 Å². The van der Waals surface area contributed by atoms with Crippen molar-refractivity contribution in [3.63, 3.8) is 0 Å². The summed E-state index contributed by atoms with van der Waals surface area (Å²) in [7, 11) is 0. The Kier molecular flexibility index (Phi) is 3.63. The molecule has 3 aliphatic rings. The molecule has 0 radical (unpaired) electrons. The van der Waals surface area contributed by atoms with Crippen LogP contribution in [0.5, 0.6) is 0 Å². The van der Waals surface area contributed by atoms with E-state index in [4.69, 9.17) is 0 Å². The molecule has 116 valence electrons. The van der Waals surface area contributed by atoms with Crippen molar-refractivity contribution in [3.8, 4) is 0 Å². The van der Waals surface area contributed by atoms with E-state index in [0.717, 1.165) is 28.3 Å². The molecule has 2 bridgehead atoms. The molecule has 5 atom stereocenters. The molecule has 1 aromatic heterocycles. The van der Waals surface area contributed by atoms with Crippen LogP contribution in [0, 0.1) is 11.8 Å². The number of rotatable bonds is 3. The van der Waals surface area contributed by atoms with E-state index in [2.05, 4.69) is 18.0 Å². The SMILES string of the molecule is CC[C@H]1C[NH+]2CC[C@@H]1C[C@@H]2[C@@H](O)c1ccnc2ccccc12. The van der Waals surface area contributed by atoms with Crippen molar-refractivity contribution in [2.24, 2.45) is 11.8 Å². The van der Waals surface area contributed by atoms with Crippen molar-refractivity contribution in [2.45, 2.75) is 38.3 Å². The minimum Gasteiger partial charge on any atom is -0.382 e. The van der Waals surface area contributed by atoms with E-state index in [1.807, 2.05) is 30.5 Å². The van der Waals surface area contributed by atoms with E-state index in [0.29, 0.717) is 6.04 Å². The van der Waals surface area contributed by atoms with Crippen LogP contribution in [0.25, 0.3) is 10.9 Å². The summed E-state index contributed by atoms with van der Waals surface area (Å²) in [5.74, 6) is 1.68. The molecular formula is C19H25N2O+. The van der Waals surface area contributed by atoms with E-state index >= 15 is 0 Å². The van der Waals surface area contributed by atoms with Crippen LogP contribution < -0.4 is 4.90 Å². The van der Waals surface area contributed by atoms with Gasteiger partial charge in [0.25, 0.3) is 0 Å². The molecule has 0 spiro atoms. The van der Waals surface area contributed by atoms with Crippen molar-refractivity contribution in [1.82, 2.24) is 4.98 Å². The number of para-hydroxylation sites is 1. The number of aromatic nitrogens is 1. The number of piperidine rings is 3. The number of quaternary nitrogens is 1. The lowest BCUT2D eigenvalue weighted by atomic mass is 9.72. The molecule has 3 aliphatic heterocycles. The number of pyridine rings is 1. The van der Waals surface area contributed by atoms with Gasteiger partial charge < -0.3 is 10.0 Å². The van der Waals surface area contributed by atoms with Crippen molar-refractivity contribution >= 4 is 10.9 Å². The molecule has 3 heteroatoms. The molecule has 0 amide bonds. The third-order valence-corrected chi connectivity index (χ3v) is 6.02. The molecule has 1 aromatic carbocycles. The number of fused-ring (bicyclic) bond motifs is 4. The van der Waals surface area contributed by atoms with Crippen LogP contribution >= 0.6 is 0 Å². The highest BCUT2D eigenvalue weighted by molar-refractivity contribution is 5.82. The largest absolute Gasteiger partial charge is 0.382 e. The van der Waals surface area contributed by atoms with Gasteiger partial charge in [0.15, 0.2) is 0 Å². The van der Waals surface area contributed by atoms with E-state index in [9.17, 15) is 5.11 Å². The molecule has 3 nitrogen and oxygen atoms in total. The number of hydrogen-bond donors (Lipinski definition) is 2. The molecule has 2 aromatic rings. The fourth-order valence-corrected chi connectivity index (χ4v) is 4.77. The van der Waals surface area contributed by atoms with Gasteiger partial charge in [-0.15, -0.1) is 0 Å².